The van der Waals surface area contributed by atoms with E-state index in [9.17, 15) is 0 Å². The molecule has 1 aromatic rings. The van der Waals surface area contributed by atoms with E-state index in [1.54, 1.807) is 0 Å². The molecule has 0 amide bonds. The van der Waals surface area contributed by atoms with Crippen LogP contribution >= 0.6 is 0 Å². The molecule has 4 rings (SSSR count). The molecule has 3 fully saturated rings. The Morgan fingerprint density at radius 1 is 1.14 bits per heavy atom. The van der Waals surface area contributed by atoms with Crippen molar-refractivity contribution >= 4 is 0 Å². The zero-order chi connectivity index (χ0) is 14.1. The molecule has 2 heterocycles. The van der Waals surface area contributed by atoms with Crippen LogP contribution in [0.2, 0.25) is 0 Å². The fraction of sp³-hybridized carbons (Fsp3) is 0.667. The zero-order valence-corrected chi connectivity index (χ0v) is 12.7. The Hall–Kier alpha value is -0.900. The molecule has 2 saturated heterocycles. The third-order valence-corrected chi connectivity index (χ3v) is 5.68. The topological polar surface area (TPSA) is 21.7 Å². The van der Waals surface area contributed by atoms with Crippen LogP contribution in [0.5, 0.6) is 0 Å². The van der Waals surface area contributed by atoms with Gasteiger partial charge in [0.1, 0.15) is 0 Å². The first kappa shape index (κ1) is 13.7. The molecule has 1 spiro atoms. The number of piperidine rings is 1. The molecule has 114 valence electrons. The predicted molar refractivity (Wildman–Crippen MR) is 81.6 cm³/mol. The Morgan fingerprint density at radius 2 is 1.95 bits per heavy atom. The second-order valence-corrected chi connectivity index (χ2v) is 6.86. The summed E-state index contributed by atoms with van der Waals surface area (Å²) >= 11 is 0. The highest BCUT2D eigenvalue weighted by Crippen LogP contribution is 2.51. The molecule has 1 saturated carbocycles. The van der Waals surface area contributed by atoms with Gasteiger partial charge in [0.25, 0.3) is 0 Å². The normalized spacial score (nSPS) is 35.6. The Bertz CT molecular complexity index is 477. The number of hydrogen-bond donors (Lipinski definition) is 0. The van der Waals surface area contributed by atoms with Crippen molar-refractivity contribution < 1.29 is 9.57 Å². The largest absolute Gasteiger partial charge is 0.375 e. The van der Waals surface area contributed by atoms with E-state index in [1.165, 1.54) is 44.1 Å². The maximum absolute atomic E-state index is 6.08. The highest BCUT2D eigenvalue weighted by Gasteiger charge is 2.56. The lowest BCUT2D eigenvalue weighted by molar-refractivity contribution is -0.220. The minimum atomic E-state index is 0.360. The lowest BCUT2D eigenvalue weighted by Gasteiger charge is -2.45. The number of benzene rings is 1. The lowest BCUT2D eigenvalue weighted by atomic mass is 9.79. The van der Waals surface area contributed by atoms with Gasteiger partial charge in [-0.1, -0.05) is 36.8 Å². The molecule has 0 radical (unpaired) electrons. The van der Waals surface area contributed by atoms with Crippen LogP contribution in [0, 0.1) is 5.92 Å². The Labute approximate surface area is 127 Å². The van der Waals surface area contributed by atoms with Gasteiger partial charge in [-0.25, -0.2) is 0 Å². The van der Waals surface area contributed by atoms with Crippen molar-refractivity contribution in [2.45, 2.75) is 56.7 Å². The summed E-state index contributed by atoms with van der Waals surface area (Å²) in [7, 11) is 0. The molecule has 3 atom stereocenters. The van der Waals surface area contributed by atoms with Crippen molar-refractivity contribution in [3.63, 3.8) is 0 Å². The molecule has 0 bridgehead atoms. The molecule has 3 aliphatic rings. The highest BCUT2D eigenvalue weighted by atomic mass is 16.7. The molecule has 3 nitrogen and oxygen atoms in total. The second kappa shape index (κ2) is 5.71. The molecule has 0 aromatic heterocycles. The van der Waals surface area contributed by atoms with Crippen molar-refractivity contribution in [3.8, 4) is 0 Å². The van der Waals surface area contributed by atoms with Gasteiger partial charge < -0.3 is 4.74 Å². The van der Waals surface area contributed by atoms with E-state index in [-0.39, 0.29) is 0 Å². The average Bonchev–Trinajstić information content (AvgIpc) is 3.06. The average molecular weight is 287 g/mol. The van der Waals surface area contributed by atoms with Crippen molar-refractivity contribution in [3.05, 3.63) is 35.9 Å². The van der Waals surface area contributed by atoms with E-state index in [0.29, 0.717) is 18.2 Å². The number of hydrogen-bond acceptors (Lipinski definition) is 3. The van der Waals surface area contributed by atoms with Crippen LogP contribution in [0.1, 0.15) is 44.1 Å². The predicted octanol–water partition coefficient (Wildman–Crippen LogP) is 3.54. The summed E-state index contributed by atoms with van der Waals surface area (Å²) in [6, 6.07) is 10.9. The van der Waals surface area contributed by atoms with E-state index < -0.39 is 0 Å². The molecule has 2 aliphatic heterocycles. The standard InChI is InChI=1S/C18H25NO2/c1-2-6-15(7-3-1)12-20-14-17-9-5-11-18-10-4-8-16(18)13-21-19(17)18/h1-3,6-7,16-17H,4-5,8-14H2/t16-,17+,18+/m1/s1. The van der Waals surface area contributed by atoms with Crippen LogP contribution < -0.4 is 0 Å². The van der Waals surface area contributed by atoms with Gasteiger partial charge in [0.2, 0.25) is 0 Å². The van der Waals surface area contributed by atoms with E-state index in [1.807, 2.05) is 6.07 Å². The third kappa shape index (κ3) is 2.41. The van der Waals surface area contributed by atoms with Crippen LogP contribution in [0.15, 0.2) is 30.3 Å². The van der Waals surface area contributed by atoms with Crippen molar-refractivity contribution in [1.82, 2.24) is 5.06 Å². The number of nitrogens with zero attached hydrogens (tertiary/aromatic N) is 1. The molecule has 0 unspecified atom stereocenters. The van der Waals surface area contributed by atoms with Gasteiger partial charge in [0, 0.05) is 5.92 Å². The summed E-state index contributed by atoms with van der Waals surface area (Å²) in [5.41, 5.74) is 1.61. The van der Waals surface area contributed by atoms with Crippen LogP contribution in [0.25, 0.3) is 0 Å². The quantitative estimate of drug-likeness (QED) is 0.845. The molecule has 21 heavy (non-hydrogen) atoms. The summed E-state index contributed by atoms with van der Waals surface area (Å²) in [6.07, 6.45) is 7.93. The molecular weight excluding hydrogens is 262 g/mol. The maximum atomic E-state index is 6.08. The summed E-state index contributed by atoms with van der Waals surface area (Å²) in [5.74, 6) is 0.773. The van der Waals surface area contributed by atoms with Gasteiger partial charge in [0.05, 0.1) is 31.4 Å². The number of ether oxygens (including phenoxy) is 1. The minimum absolute atomic E-state index is 0.360. The third-order valence-electron chi connectivity index (χ3n) is 5.68. The van der Waals surface area contributed by atoms with E-state index in [2.05, 4.69) is 29.3 Å². The molecule has 0 N–H and O–H groups in total. The maximum Gasteiger partial charge on any atom is 0.0732 e. The fourth-order valence-corrected chi connectivity index (χ4v) is 4.66. The van der Waals surface area contributed by atoms with Crippen molar-refractivity contribution in [2.75, 3.05) is 13.2 Å². The van der Waals surface area contributed by atoms with Crippen molar-refractivity contribution in [1.29, 1.82) is 0 Å². The van der Waals surface area contributed by atoms with E-state index in [0.717, 1.165) is 19.1 Å². The fourth-order valence-electron chi connectivity index (χ4n) is 4.66. The minimum Gasteiger partial charge on any atom is -0.375 e. The summed E-state index contributed by atoms with van der Waals surface area (Å²) in [4.78, 5) is 6.08. The van der Waals surface area contributed by atoms with Gasteiger partial charge in [-0.3, -0.25) is 4.84 Å². The first-order valence-electron chi connectivity index (χ1n) is 8.42. The molecule has 1 aromatic carbocycles. The zero-order valence-electron chi connectivity index (χ0n) is 12.7. The van der Waals surface area contributed by atoms with E-state index >= 15 is 0 Å². The number of rotatable bonds is 4. The lowest BCUT2D eigenvalue weighted by Crippen LogP contribution is -2.54. The summed E-state index contributed by atoms with van der Waals surface area (Å²) < 4.78 is 5.99. The smallest absolute Gasteiger partial charge is 0.0732 e. The van der Waals surface area contributed by atoms with Gasteiger partial charge in [0.15, 0.2) is 0 Å². The van der Waals surface area contributed by atoms with Gasteiger partial charge in [-0.2, -0.15) is 5.06 Å². The Kier molecular flexibility index (Phi) is 3.74. The van der Waals surface area contributed by atoms with Gasteiger partial charge in [-0.15, -0.1) is 0 Å². The van der Waals surface area contributed by atoms with Crippen molar-refractivity contribution in [2.24, 2.45) is 5.92 Å². The van der Waals surface area contributed by atoms with Crippen LogP contribution in [0.3, 0.4) is 0 Å². The number of hydroxylamine groups is 2. The van der Waals surface area contributed by atoms with Gasteiger partial charge in [-0.05, 0) is 37.7 Å². The SMILES string of the molecule is c1ccc(COC[C@@H]2CCC[C@@]34CCC[C@@H]3CON24)cc1. The first-order chi connectivity index (χ1) is 10.4. The Balaban J connectivity index is 1.37. The second-order valence-electron chi connectivity index (χ2n) is 6.86. The van der Waals surface area contributed by atoms with Crippen LogP contribution in [0.4, 0.5) is 0 Å². The van der Waals surface area contributed by atoms with Crippen LogP contribution in [-0.4, -0.2) is 29.9 Å². The summed E-state index contributed by atoms with van der Waals surface area (Å²) in [5, 5.41) is 2.36. The molecular formula is C18H25NO2. The van der Waals surface area contributed by atoms with Crippen LogP contribution in [-0.2, 0) is 16.2 Å². The Morgan fingerprint density at radius 3 is 2.81 bits per heavy atom. The molecule has 3 heteroatoms. The molecule has 1 aliphatic carbocycles. The monoisotopic (exact) mass is 287 g/mol. The summed E-state index contributed by atoms with van der Waals surface area (Å²) in [6.45, 7) is 2.44. The highest BCUT2D eigenvalue weighted by molar-refractivity contribution is 5.13. The first-order valence-corrected chi connectivity index (χ1v) is 8.42. The van der Waals surface area contributed by atoms with E-state index in [4.69, 9.17) is 9.57 Å². The van der Waals surface area contributed by atoms with Gasteiger partial charge >= 0.3 is 0 Å².